The Morgan fingerprint density at radius 3 is 2.50 bits per heavy atom. The van der Waals surface area contributed by atoms with E-state index in [1.54, 1.807) is 32.9 Å². The monoisotopic (exact) mass is 654 g/mol. The number of nitrogens with zero attached hydrogens (tertiary/aromatic N) is 3. The minimum absolute atomic E-state index is 0.143. The fourth-order valence-corrected chi connectivity index (χ4v) is 5.82. The van der Waals surface area contributed by atoms with E-state index in [0.717, 1.165) is 39.7 Å². The normalized spacial score (nSPS) is 14.5. The first-order valence-corrected chi connectivity index (χ1v) is 16.1. The highest BCUT2D eigenvalue weighted by Gasteiger charge is 2.30. The molecule has 12 nitrogen and oxygen atoms in total. The number of anilines is 1. The Balaban J connectivity index is 1.36. The average molecular weight is 655 g/mol. The van der Waals surface area contributed by atoms with Gasteiger partial charge in [-0.15, -0.1) is 0 Å². The van der Waals surface area contributed by atoms with Crippen molar-refractivity contribution >= 4 is 39.1 Å². The van der Waals surface area contributed by atoms with Crippen molar-refractivity contribution in [3.05, 3.63) is 93.4 Å². The lowest BCUT2D eigenvalue weighted by molar-refractivity contribution is 0.00683. The van der Waals surface area contributed by atoms with Crippen LogP contribution >= 0.6 is 0 Å². The summed E-state index contributed by atoms with van der Waals surface area (Å²) in [6.07, 6.45) is 2.90. The van der Waals surface area contributed by atoms with Crippen LogP contribution in [0.15, 0.2) is 42.6 Å². The molecule has 0 unspecified atom stereocenters. The van der Waals surface area contributed by atoms with Gasteiger partial charge in [0.25, 0.3) is 11.8 Å². The number of hydrogen-bond acceptors (Lipinski definition) is 8. The number of fused-ring (bicyclic) bond motifs is 2. The van der Waals surface area contributed by atoms with Crippen molar-refractivity contribution in [2.45, 2.75) is 58.7 Å². The zero-order chi connectivity index (χ0) is 33.6. The lowest BCUT2D eigenvalue weighted by Gasteiger charge is -2.21. The van der Waals surface area contributed by atoms with Gasteiger partial charge in [0, 0.05) is 12.6 Å². The molecule has 0 saturated heterocycles. The summed E-state index contributed by atoms with van der Waals surface area (Å²) in [6, 6.07) is 7.82. The lowest BCUT2D eigenvalue weighted by atomic mass is 9.97. The predicted octanol–water partition coefficient (Wildman–Crippen LogP) is 3.99. The Hall–Kier alpha value is -4.92. The molecule has 2 heterocycles. The largest absolute Gasteiger partial charge is 0.456 e. The van der Waals surface area contributed by atoms with Gasteiger partial charge in [0.15, 0.2) is 11.5 Å². The summed E-state index contributed by atoms with van der Waals surface area (Å²) in [7, 11) is -3.75. The Kier molecular flexibility index (Phi) is 8.55. The predicted molar refractivity (Wildman–Crippen MR) is 164 cm³/mol. The maximum Gasteiger partial charge on any atom is 0.338 e. The quantitative estimate of drug-likeness (QED) is 0.241. The van der Waals surface area contributed by atoms with E-state index in [4.69, 9.17) is 4.74 Å². The van der Waals surface area contributed by atoms with E-state index in [0.29, 0.717) is 24.0 Å². The molecule has 15 heteroatoms. The molecule has 2 aromatic carbocycles. The fourth-order valence-electron chi connectivity index (χ4n) is 5.26. The molecule has 0 aliphatic heterocycles. The number of carbonyl (C=O) groups is 3. The number of halogens is 2. The zero-order valence-electron chi connectivity index (χ0n) is 25.7. The molecule has 0 spiro atoms. The molecule has 0 radical (unpaired) electrons. The van der Waals surface area contributed by atoms with Crippen LogP contribution in [0.3, 0.4) is 0 Å². The highest BCUT2D eigenvalue weighted by Crippen LogP contribution is 2.35. The highest BCUT2D eigenvalue weighted by atomic mass is 32.2. The van der Waals surface area contributed by atoms with Gasteiger partial charge in [-0.3, -0.25) is 14.3 Å². The molecule has 1 aliphatic carbocycles. The summed E-state index contributed by atoms with van der Waals surface area (Å²) in [5.74, 6) is -3.49. The molecule has 46 heavy (non-hydrogen) atoms. The molecule has 0 bridgehead atoms. The van der Waals surface area contributed by atoms with Crippen molar-refractivity contribution in [3.63, 3.8) is 0 Å². The molecule has 3 N–H and O–H groups in total. The Labute approximate surface area is 263 Å². The van der Waals surface area contributed by atoms with Crippen LogP contribution in [-0.2, 0) is 27.7 Å². The van der Waals surface area contributed by atoms with Crippen LogP contribution in [0.4, 0.5) is 14.5 Å². The summed E-state index contributed by atoms with van der Waals surface area (Å²) in [5, 5.41) is 9.41. The van der Waals surface area contributed by atoms with Gasteiger partial charge in [0.1, 0.15) is 22.8 Å². The van der Waals surface area contributed by atoms with Crippen molar-refractivity contribution in [2.24, 2.45) is 0 Å². The first-order chi connectivity index (χ1) is 21.5. The van der Waals surface area contributed by atoms with Crippen molar-refractivity contribution in [3.8, 4) is 0 Å². The van der Waals surface area contributed by atoms with E-state index in [2.05, 4.69) is 25.4 Å². The summed E-state index contributed by atoms with van der Waals surface area (Å²) >= 11 is 0. The van der Waals surface area contributed by atoms with Gasteiger partial charge >= 0.3 is 5.97 Å². The van der Waals surface area contributed by atoms with Crippen LogP contribution in [0.1, 0.15) is 86.8 Å². The molecule has 2 aromatic heterocycles. The minimum Gasteiger partial charge on any atom is -0.456 e. The Morgan fingerprint density at radius 1 is 1.07 bits per heavy atom. The number of carbonyl (C=O) groups excluding carboxylic acids is 3. The number of amides is 2. The summed E-state index contributed by atoms with van der Waals surface area (Å²) in [5.41, 5.74) is 1.62. The first kappa shape index (κ1) is 32.5. The van der Waals surface area contributed by atoms with Gasteiger partial charge in [-0.1, -0.05) is 12.1 Å². The topological polar surface area (TPSA) is 161 Å². The molecule has 1 aliphatic rings. The number of benzene rings is 2. The SMILES string of the molecule is Cc1c(C(=O)OC(C)(C)C)ccc2c1CC[C@@H]2NC(=O)c1cc(C(=O)NCc2ccc(F)c(NS(C)(=O)=O)c2)nc2c(F)cnn12. The van der Waals surface area contributed by atoms with E-state index >= 15 is 0 Å². The summed E-state index contributed by atoms with van der Waals surface area (Å²) < 4.78 is 60.3. The average Bonchev–Trinajstić information content (AvgIpc) is 3.54. The zero-order valence-corrected chi connectivity index (χ0v) is 26.5. The Morgan fingerprint density at radius 2 is 1.80 bits per heavy atom. The first-order valence-electron chi connectivity index (χ1n) is 14.3. The van der Waals surface area contributed by atoms with E-state index in [1.807, 2.05) is 6.92 Å². The second-order valence-electron chi connectivity index (χ2n) is 12.0. The van der Waals surface area contributed by atoms with E-state index in [-0.39, 0.29) is 29.3 Å². The van der Waals surface area contributed by atoms with Crippen LogP contribution in [0.2, 0.25) is 0 Å². The van der Waals surface area contributed by atoms with Gasteiger partial charge in [-0.2, -0.15) is 5.10 Å². The molecular weight excluding hydrogens is 622 g/mol. The molecule has 2 amide bonds. The van der Waals surface area contributed by atoms with Gasteiger partial charge < -0.3 is 15.4 Å². The summed E-state index contributed by atoms with van der Waals surface area (Å²) in [6.45, 7) is 7.05. The standard InChI is InChI=1S/C31H32F2N6O6S/c1-16-18-9-11-23(20(18)8-7-19(16)30(42)45-31(2,3)4)37-29(41)26-13-25(36-27-22(33)15-35-39(26)27)28(40)34-14-17-6-10-21(32)24(12-17)38-46(5,43)44/h6-8,10,12-13,15,23,38H,9,11,14H2,1-5H3,(H,34,40)(H,37,41)/t23-/m0/s1. The van der Waals surface area contributed by atoms with Gasteiger partial charge in [0.2, 0.25) is 10.0 Å². The minimum atomic E-state index is -3.75. The molecular formula is C31H32F2N6O6S. The maximum atomic E-state index is 14.6. The van der Waals surface area contributed by atoms with Crippen LogP contribution in [0.5, 0.6) is 0 Å². The maximum absolute atomic E-state index is 14.6. The van der Waals surface area contributed by atoms with Crippen LogP contribution in [0, 0.1) is 18.6 Å². The second-order valence-corrected chi connectivity index (χ2v) is 13.7. The molecule has 5 rings (SSSR count). The summed E-state index contributed by atoms with van der Waals surface area (Å²) in [4.78, 5) is 43.4. The van der Waals surface area contributed by atoms with Crippen molar-refractivity contribution in [1.82, 2.24) is 25.2 Å². The van der Waals surface area contributed by atoms with E-state index in [9.17, 15) is 31.6 Å². The molecule has 0 saturated carbocycles. The Bertz CT molecular complexity index is 2000. The molecule has 242 valence electrons. The van der Waals surface area contributed by atoms with Gasteiger partial charge in [0.05, 0.1) is 29.7 Å². The van der Waals surface area contributed by atoms with Crippen molar-refractivity contribution in [2.75, 3.05) is 11.0 Å². The van der Waals surface area contributed by atoms with Crippen LogP contribution in [0.25, 0.3) is 5.65 Å². The number of nitrogens with one attached hydrogen (secondary N) is 3. The number of aromatic nitrogens is 3. The smallest absolute Gasteiger partial charge is 0.338 e. The number of sulfonamides is 1. The number of rotatable bonds is 8. The van der Waals surface area contributed by atoms with Crippen molar-refractivity contribution < 1.29 is 36.3 Å². The third-order valence-corrected chi connectivity index (χ3v) is 7.88. The van der Waals surface area contributed by atoms with Crippen LogP contribution < -0.4 is 15.4 Å². The molecule has 1 atom stereocenters. The second kappa shape index (κ2) is 12.1. The molecule has 4 aromatic rings. The number of esters is 1. The number of hydrogen-bond donors (Lipinski definition) is 3. The van der Waals surface area contributed by atoms with Crippen molar-refractivity contribution in [1.29, 1.82) is 0 Å². The van der Waals surface area contributed by atoms with Gasteiger partial charge in [-0.05, 0) is 81.0 Å². The van der Waals surface area contributed by atoms with E-state index in [1.165, 1.54) is 18.2 Å². The number of ether oxygens (including phenoxy) is 1. The van der Waals surface area contributed by atoms with E-state index < -0.39 is 51.1 Å². The lowest BCUT2D eigenvalue weighted by Crippen LogP contribution is -2.31. The van der Waals surface area contributed by atoms with Gasteiger partial charge in [-0.25, -0.2) is 31.5 Å². The highest BCUT2D eigenvalue weighted by molar-refractivity contribution is 7.92. The molecule has 0 fully saturated rings. The third-order valence-electron chi connectivity index (χ3n) is 7.29. The van der Waals surface area contributed by atoms with Crippen LogP contribution in [-0.4, -0.2) is 52.7 Å². The fraction of sp³-hybridized carbons (Fsp3) is 0.323. The third kappa shape index (κ3) is 6.98.